The van der Waals surface area contributed by atoms with Crippen molar-refractivity contribution < 1.29 is 0 Å². The van der Waals surface area contributed by atoms with Crippen LogP contribution in [0, 0.1) is 0 Å². The summed E-state index contributed by atoms with van der Waals surface area (Å²) < 4.78 is 0. The molecule has 0 aliphatic carbocycles. The molecule has 0 saturated heterocycles. The molecule has 0 aliphatic rings. The highest BCUT2D eigenvalue weighted by molar-refractivity contribution is 5.61. The van der Waals surface area contributed by atoms with Crippen molar-refractivity contribution in [2.45, 2.75) is 13.1 Å². The van der Waals surface area contributed by atoms with Crippen LogP contribution in [0.25, 0.3) is 0 Å². The van der Waals surface area contributed by atoms with Gasteiger partial charge in [-0.1, -0.05) is 24.3 Å². The molecule has 0 atom stereocenters. The molecule has 1 aromatic heterocycles. The Balaban J connectivity index is 2.24. The first-order chi connectivity index (χ1) is 10.5. The van der Waals surface area contributed by atoms with Gasteiger partial charge in [0.1, 0.15) is 0 Å². The third-order valence-corrected chi connectivity index (χ3v) is 3.46. The van der Waals surface area contributed by atoms with E-state index in [4.69, 9.17) is 0 Å². The maximum atomic E-state index is 4.50. The van der Waals surface area contributed by atoms with E-state index in [-0.39, 0.29) is 0 Å². The molecule has 22 heavy (non-hydrogen) atoms. The molecule has 1 heterocycles. The lowest BCUT2D eigenvalue weighted by atomic mass is 10.1. The van der Waals surface area contributed by atoms with E-state index in [2.05, 4.69) is 65.2 Å². The van der Waals surface area contributed by atoms with Crippen molar-refractivity contribution in [1.29, 1.82) is 0 Å². The number of nitrogens with zero attached hydrogens (tertiary/aromatic N) is 5. The summed E-state index contributed by atoms with van der Waals surface area (Å²) in [6.45, 7) is 1.74. The molecule has 2 rings (SSSR count). The number of hydrogen-bond donors (Lipinski definition) is 0. The maximum Gasteiger partial charge on any atom is 0.172 e. The minimum Gasteiger partial charge on any atom is -0.360 e. The molecular formula is C17H25N5. The molecule has 1 aromatic carbocycles. The van der Waals surface area contributed by atoms with E-state index in [0.717, 1.165) is 24.7 Å². The Morgan fingerprint density at radius 2 is 1.32 bits per heavy atom. The van der Waals surface area contributed by atoms with E-state index >= 15 is 0 Å². The van der Waals surface area contributed by atoms with Gasteiger partial charge in [-0.25, -0.2) is 9.97 Å². The first kappa shape index (κ1) is 16.2. The lowest BCUT2D eigenvalue weighted by Gasteiger charge is -2.24. The fourth-order valence-corrected chi connectivity index (χ4v) is 2.45. The normalized spacial score (nSPS) is 10.8. The van der Waals surface area contributed by atoms with E-state index < -0.39 is 0 Å². The van der Waals surface area contributed by atoms with Crippen LogP contribution in [0.1, 0.15) is 11.1 Å². The fraction of sp³-hybridized carbons (Fsp3) is 0.412. The van der Waals surface area contributed by atoms with Gasteiger partial charge in [0.2, 0.25) is 0 Å². The summed E-state index contributed by atoms with van der Waals surface area (Å²) in [6, 6.07) is 8.55. The Morgan fingerprint density at radius 3 is 1.86 bits per heavy atom. The standard InChI is InChI=1S/C17H25N5/c1-20(2)12-14-8-6-7-9-15(14)13-22(5)17-16(21(3)4)18-10-11-19-17/h6-11H,12-13H2,1-5H3. The van der Waals surface area contributed by atoms with Gasteiger partial charge in [-0.05, 0) is 25.2 Å². The second kappa shape index (κ2) is 7.22. The van der Waals surface area contributed by atoms with E-state index in [1.54, 1.807) is 12.4 Å². The van der Waals surface area contributed by atoms with Gasteiger partial charge in [0.15, 0.2) is 11.6 Å². The average Bonchev–Trinajstić information content (AvgIpc) is 2.48. The smallest absolute Gasteiger partial charge is 0.172 e. The van der Waals surface area contributed by atoms with Crippen LogP contribution >= 0.6 is 0 Å². The molecule has 0 radical (unpaired) electrons. The second-order valence-electron chi connectivity index (χ2n) is 5.96. The van der Waals surface area contributed by atoms with Gasteiger partial charge in [0, 0.05) is 46.6 Å². The zero-order valence-corrected chi connectivity index (χ0v) is 14.1. The summed E-state index contributed by atoms with van der Waals surface area (Å²) in [6.07, 6.45) is 3.47. The predicted molar refractivity (Wildman–Crippen MR) is 92.3 cm³/mol. The SMILES string of the molecule is CN(C)Cc1ccccc1CN(C)c1nccnc1N(C)C. The molecule has 0 bridgehead atoms. The van der Waals surface area contributed by atoms with E-state index in [0.29, 0.717) is 0 Å². The van der Waals surface area contributed by atoms with E-state index in [1.807, 2.05) is 19.0 Å². The van der Waals surface area contributed by atoms with Gasteiger partial charge >= 0.3 is 0 Å². The molecule has 5 nitrogen and oxygen atoms in total. The Morgan fingerprint density at radius 1 is 0.773 bits per heavy atom. The van der Waals surface area contributed by atoms with Crippen molar-refractivity contribution >= 4 is 11.6 Å². The summed E-state index contributed by atoms with van der Waals surface area (Å²) in [5, 5.41) is 0. The van der Waals surface area contributed by atoms with Gasteiger partial charge < -0.3 is 14.7 Å². The van der Waals surface area contributed by atoms with Crippen molar-refractivity contribution in [2.75, 3.05) is 45.0 Å². The summed E-state index contributed by atoms with van der Waals surface area (Å²) in [5.74, 6) is 1.78. The third kappa shape index (κ3) is 3.95. The molecule has 0 N–H and O–H groups in total. The highest BCUT2D eigenvalue weighted by atomic mass is 15.2. The molecule has 2 aromatic rings. The van der Waals surface area contributed by atoms with Gasteiger partial charge in [-0.15, -0.1) is 0 Å². The number of hydrogen-bond acceptors (Lipinski definition) is 5. The van der Waals surface area contributed by atoms with Crippen molar-refractivity contribution in [1.82, 2.24) is 14.9 Å². The highest BCUT2D eigenvalue weighted by Gasteiger charge is 2.13. The Kier molecular flexibility index (Phi) is 5.33. The summed E-state index contributed by atoms with van der Waals surface area (Å²) in [4.78, 5) is 15.3. The summed E-state index contributed by atoms with van der Waals surface area (Å²) >= 11 is 0. The minimum atomic E-state index is 0.809. The topological polar surface area (TPSA) is 35.5 Å². The molecule has 5 heteroatoms. The summed E-state index contributed by atoms with van der Waals surface area (Å²) in [5.41, 5.74) is 2.66. The lowest BCUT2D eigenvalue weighted by Crippen LogP contribution is -2.23. The van der Waals surface area contributed by atoms with Crippen LogP contribution in [0.3, 0.4) is 0 Å². The Labute approximate surface area is 133 Å². The molecule has 0 saturated carbocycles. The van der Waals surface area contributed by atoms with E-state index in [9.17, 15) is 0 Å². The molecule has 0 spiro atoms. The van der Waals surface area contributed by atoms with Gasteiger partial charge in [0.05, 0.1) is 0 Å². The van der Waals surface area contributed by atoms with Gasteiger partial charge in [-0.2, -0.15) is 0 Å². The molecular weight excluding hydrogens is 274 g/mol. The first-order valence-electron chi connectivity index (χ1n) is 7.40. The van der Waals surface area contributed by atoms with Crippen LogP contribution in [0.15, 0.2) is 36.7 Å². The molecule has 0 fully saturated rings. The summed E-state index contributed by atoms with van der Waals surface area (Å²) in [7, 11) is 10.2. The quantitative estimate of drug-likeness (QED) is 0.817. The van der Waals surface area contributed by atoms with Crippen LogP contribution < -0.4 is 9.80 Å². The zero-order chi connectivity index (χ0) is 16.1. The van der Waals surface area contributed by atoms with Crippen molar-refractivity contribution in [3.8, 4) is 0 Å². The van der Waals surface area contributed by atoms with E-state index in [1.165, 1.54) is 11.1 Å². The minimum absolute atomic E-state index is 0.809. The Hall–Kier alpha value is -2.14. The molecule has 0 amide bonds. The number of rotatable bonds is 6. The number of aromatic nitrogens is 2. The monoisotopic (exact) mass is 299 g/mol. The van der Waals surface area contributed by atoms with Crippen LogP contribution in [0.5, 0.6) is 0 Å². The fourth-order valence-electron chi connectivity index (χ4n) is 2.45. The molecule has 0 aliphatic heterocycles. The zero-order valence-electron chi connectivity index (χ0n) is 14.1. The van der Waals surface area contributed by atoms with Crippen LogP contribution in [-0.2, 0) is 13.1 Å². The Bertz CT molecular complexity index is 610. The van der Waals surface area contributed by atoms with Gasteiger partial charge in [-0.3, -0.25) is 0 Å². The maximum absolute atomic E-state index is 4.50. The lowest BCUT2D eigenvalue weighted by molar-refractivity contribution is 0.401. The molecule has 118 valence electrons. The van der Waals surface area contributed by atoms with Crippen molar-refractivity contribution in [3.63, 3.8) is 0 Å². The third-order valence-electron chi connectivity index (χ3n) is 3.46. The first-order valence-corrected chi connectivity index (χ1v) is 7.40. The van der Waals surface area contributed by atoms with Crippen LogP contribution in [-0.4, -0.2) is 50.1 Å². The molecule has 0 unspecified atom stereocenters. The average molecular weight is 299 g/mol. The number of benzene rings is 1. The largest absolute Gasteiger partial charge is 0.360 e. The van der Waals surface area contributed by atoms with Crippen LogP contribution in [0.4, 0.5) is 11.6 Å². The predicted octanol–water partition coefficient (Wildman–Crippen LogP) is 2.24. The number of anilines is 2. The van der Waals surface area contributed by atoms with Gasteiger partial charge in [0.25, 0.3) is 0 Å². The highest BCUT2D eigenvalue weighted by Crippen LogP contribution is 2.23. The van der Waals surface area contributed by atoms with Crippen molar-refractivity contribution in [2.24, 2.45) is 0 Å². The van der Waals surface area contributed by atoms with Crippen molar-refractivity contribution in [3.05, 3.63) is 47.8 Å². The van der Waals surface area contributed by atoms with Crippen LogP contribution in [0.2, 0.25) is 0 Å². The second-order valence-corrected chi connectivity index (χ2v) is 5.96.